The molecule has 0 aliphatic carbocycles. The first kappa shape index (κ1) is 12.3. The van der Waals surface area contributed by atoms with Crippen molar-refractivity contribution < 1.29 is 17.9 Å². The van der Waals surface area contributed by atoms with E-state index in [4.69, 9.17) is 4.74 Å². The van der Waals surface area contributed by atoms with E-state index in [1.807, 2.05) is 13.8 Å². The van der Waals surface area contributed by atoms with Gasteiger partial charge in [-0.1, -0.05) is 13.8 Å². The van der Waals surface area contributed by atoms with E-state index in [0.717, 1.165) is 0 Å². The minimum atomic E-state index is -2.94. The standard InChI is InChI=1S/C9H17NO4S/c1-7(2)5-14-9(11)10-8-3-4-15(12,13)6-8/h7-8H,3-6H2,1-2H3,(H,10,11). The molecule has 0 saturated carbocycles. The van der Waals surface area contributed by atoms with E-state index in [-0.39, 0.29) is 23.5 Å². The minimum Gasteiger partial charge on any atom is -0.449 e. The van der Waals surface area contributed by atoms with E-state index in [0.29, 0.717) is 13.0 Å². The van der Waals surface area contributed by atoms with Gasteiger partial charge in [-0.15, -0.1) is 0 Å². The Morgan fingerprint density at radius 3 is 2.67 bits per heavy atom. The van der Waals surface area contributed by atoms with E-state index < -0.39 is 15.9 Å². The number of rotatable bonds is 3. The van der Waals surface area contributed by atoms with Gasteiger partial charge < -0.3 is 10.1 Å². The lowest BCUT2D eigenvalue weighted by Crippen LogP contribution is -2.36. The third-order valence-electron chi connectivity index (χ3n) is 2.10. The zero-order valence-electron chi connectivity index (χ0n) is 9.02. The molecule has 1 fully saturated rings. The molecule has 0 radical (unpaired) electrons. The topological polar surface area (TPSA) is 72.5 Å². The smallest absolute Gasteiger partial charge is 0.407 e. The number of ether oxygens (including phenoxy) is 1. The number of nitrogens with one attached hydrogen (secondary N) is 1. The van der Waals surface area contributed by atoms with Crippen LogP contribution in [-0.2, 0) is 14.6 Å². The zero-order valence-corrected chi connectivity index (χ0v) is 9.84. The maximum absolute atomic E-state index is 11.2. The van der Waals surface area contributed by atoms with Gasteiger partial charge in [-0.2, -0.15) is 0 Å². The normalized spacial score (nSPS) is 24.1. The molecule has 1 aliphatic rings. The summed E-state index contributed by atoms with van der Waals surface area (Å²) in [5.41, 5.74) is 0. The van der Waals surface area contributed by atoms with Crippen LogP contribution in [0.3, 0.4) is 0 Å². The third-order valence-corrected chi connectivity index (χ3v) is 3.87. The Morgan fingerprint density at radius 1 is 1.53 bits per heavy atom. The summed E-state index contributed by atoms with van der Waals surface area (Å²) in [6, 6.07) is -0.283. The number of carbonyl (C=O) groups is 1. The highest BCUT2D eigenvalue weighted by molar-refractivity contribution is 7.91. The molecule has 1 atom stereocenters. The van der Waals surface area contributed by atoms with Gasteiger partial charge in [0.05, 0.1) is 18.1 Å². The van der Waals surface area contributed by atoms with Crippen molar-refractivity contribution in [2.24, 2.45) is 5.92 Å². The molecule has 1 unspecified atom stereocenters. The Kier molecular flexibility index (Phi) is 3.96. The van der Waals surface area contributed by atoms with Crippen molar-refractivity contribution in [1.29, 1.82) is 0 Å². The van der Waals surface area contributed by atoms with Gasteiger partial charge >= 0.3 is 6.09 Å². The molecule has 5 nitrogen and oxygen atoms in total. The van der Waals surface area contributed by atoms with Crippen LogP contribution in [0.25, 0.3) is 0 Å². The summed E-state index contributed by atoms with van der Waals surface area (Å²) in [5, 5.41) is 2.55. The molecule has 0 bridgehead atoms. The van der Waals surface area contributed by atoms with Gasteiger partial charge in [0.25, 0.3) is 0 Å². The van der Waals surface area contributed by atoms with Crippen LogP contribution in [0, 0.1) is 5.92 Å². The molecule has 0 aromatic heterocycles. The molecule has 1 heterocycles. The highest BCUT2D eigenvalue weighted by Gasteiger charge is 2.29. The monoisotopic (exact) mass is 235 g/mol. The van der Waals surface area contributed by atoms with Crippen LogP contribution >= 0.6 is 0 Å². The van der Waals surface area contributed by atoms with Crippen LogP contribution in [0.15, 0.2) is 0 Å². The second kappa shape index (κ2) is 4.83. The van der Waals surface area contributed by atoms with Gasteiger partial charge in [-0.3, -0.25) is 0 Å². The summed E-state index contributed by atoms with van der Waals surface area (Å²) in [7, 11) is -2.94. The molecule has 88 valence electrons. The van der Waals surface area contributed by atoms with Crippen molar-refractivity contribution in [1.82, 2.24) is 5.32 Å². The summed E-state index contributed by atoms with van der Waals surface area (Å²) < 4.78 is 27.1. The van der Waals surface area contributed by atoms with Gasteiger partial charge in [-0.25, -0.2) is 13.2 Å². The van der Waals surface area contributed by atoms with Crippen LogP contribution in [0.4, 0.5) is 4.79 Å². The molecule has 1 saturated heterocycles. The van der Waals surface area contributed by atoms with Gasteiger partial charge in [0.15, 0.2) is 9.84 Å². The third kappa shape index (κ3) is 4.51. The molecular weight excluding hydrogens is 218 g/mol. The van der Waals surface area contributed by atoms with Gasteiger partial charge in [-0.05, 0) is 12.3 Å². The van der Waals surface area contributed by atoms with Crippen LogP contribution in [0.2, 0.25) is 0 Å². The maximum Gasteiger partial charge on any atom is 0.407 e. The zero-order chi connectivity index (χ0) is 11.5. The Morgan fingerprint density at radius 2 is 2.20 bits per heavy atom. The highest BCUT2D eigenvalue weighted by atomic mass is 32.2. The lowest BCUT2D eigenvalue weighted by Gasteiger charge is -2.12. The van der Waals surface area contributed by atoms with Crippen molar-refractivity contribution in [3.05, 3.63) is 0 Å². The Bertz CT molecular complexity index is 323. The molecule has 0 aromatic rings. The molecule has 1 aliphatic heterocycles. The summed E-state index contributed by atoms with van der Waals surface area (Å²) >= 11 is 0. The largest absolute Gasteiger partial charge is 0.449 e. The Balaban J connectivity index is 2.28. The second-order valence-electron chi connectivity index (χ2n) is 4.24. The lowest BCUT2D eigenvalue weighted by molar-refractivity contribution is 0.130. The molecule has 1 rings (SSSR count). The number of hydrogen-bond donors (Lipinski definition) is 1. The first-order valence-corrected chi connectivity index (χ1v) is 6.85. The molecular formula is C9H17NO4S. The average molecular weight is 235 g/mol. The Hall–Kier alpha value is -0.780. The number of amides is 1. The summed E-state index contributed by atoms with van der Waals surface area (Å²) in [6.45, 7) is 4.23. The number of sulfone groups is 1. The first-order valence-electron chi connectivity index (χ1n) is 5.03. The van der Waals surface area contributed by atoms with Crippen molar-refractivity contribution in [3.8, 4) is 0 Å². The molecule has 0 spiro atoms. The number of alkyl carbamates (subject to hydrolysis) is 1. The van der Waals surface area contributed by atoms with E-state index in [1.54, 1.807) is 0 Å². The summed E-state index contributed by atoms with van der Waals surface area (Å²) in [5.74, 6) is 0.467. The van der Waals surface area contributed by atoms with Crippen LogP contribution in [-0.4, -0.2) is 38.7 Å². The fourth-order valence-corrected chi connectivity index (χ4v) is 3.03. The van der Waals surface area contributed by atoms with E-state index in [1.165, 1.54) is 0 Å². The molecule has 6 heteroatoms. The summed E-state index contributed by atoms with van der Waals surface area (Å²) in [4.78, 5) is 11.2. The molecule has 1 N–H and O–H groups in total. The van der Waals surface area contributed by atoms with Crippen molar-refractivity contribution in [2.75, 3.05) is 18.1 Å². The average Bonchev–Trinajstić information content (AvgIpc) is 2.42. The minimum absolute atomic E-state index is 0.0315. The number of carbonyl (C=O) groups excluding carboxylic acids is 1. The van der Waals surface area contributed by atoms with Crippen molar-refractivity contribution in [2.45, 2.75) is 26.3 Å². The predicted molar refractivity (Wildman–Crippen MR) is 56.4 cm³/mol. The fourth-order valence-electron chi connectivity index (χ4n) is 1.36. The van der Waals surface area contributed by atoms with Crippen LogP contribution in [0.5, 0.6) is 0 Å². The van der Waals surface area contributed by atoms with E-state index in [9.17, 15) is 13.2 Å². The lowest BCUT2D eigenvalue weighted by atomic mass is 10.2. The first-order chi connectivity index (χ1) is 6.89. The number of hydrogen-bond acceptors (Lipinski definition) is 4. The van der Waals surface area contributed by atoms with E-state index in [2.05, 4.69) is 5.32 Å². The maximum atomic E-state index is 11.2. The molecule has 1 amide bonds. The van der Waals surface area contributed by atoms with Crippen molar-refractivity contribution >= 4 is 15.9 Å². The van der Waals surface area contributed by atoms with Gasteiger partial charge in [0, 0.05) is 6.04 Å². The SMILES string of the molecule is CC(C)COC(=O)NC1CCS(=O)(=O)C1. The quantitative estimate of drug-likeness (QED) is 0.775. The van der Waals surface area contributed by atoms with Gasteiger partial charge in [0.1, 0.15) is 0 Å². The van der Waals surface area contributed by atoms with Crippen molar-refractivity contribution in [3.63, 3.8) is 0 Å². The fraction of sp³-hybridized carbons (Fsp3) is 0.889. The van der Waals surface area contributed by atoms with Crippen LogP contribution < -0.4 is 5.32 Å². The van der Waals surface area contributed by atoms with Crippen LogP contribution in [0.1, 0.15) is 20.3 Å². The van der Waals surface area contributed by atoms with E-state index >= 15 is 0 Å². The molecule has 15 heavy (non-hydrogen) atoms. The molecule has 0 aromatic carbocycles. The van der Waals surface area contributed by atoms with Gasteiger partial charge in [0.2, 0.25) is 0 Å². The highest BCUT2D eigenvalue weighted by Crippen LogP contribution is 2.11. The Labute approximate surface area is 90.1 Å². The predicted octanol–water partition coefficient (Wildman–Crippen LogP) is 0.556. The second-order valence-corrected chi connectivity index (χ2v) is 6.47. The summed E-state index contributed by atoms with van der Waals surface area (Å²) in [6.07, 6.45) is -0.0372.